The Hall–Kier alpha value is -4.33. The Bertz CT molecular complexity index is 1300. The predicted molar refractivity (Wildman–Crippen MR) is 123 cm³/mol. The molecule has 0 atom stereocenters. The fraction of sp³-hybridized carbons (Fsp3) is 0.120. The van der Waals surface area contributed by atoms with Crippen LogP contribution in [0.4, 0.5) is 10.1 Å². The van der Waals surface area contributed by atoms with Crippen LogP contribution in [-0.2, 0) is 6.54 Å². The zero-order valence-electron chi connectivity index (χ0n) is 18.2. The Balaban J connectivity index is 1.49. The van der Waals surface area contributed by atoms with E-state index in [1.807, 2.05) is 18.2 Å². The van der Waals surface area contributed by atoms with E-state index in [-0.39, 0.29) is 17.6 Å². The fourth-order valence-electron chi connectivity index (χ4n) is 3.51. The Labute approximate surface area is 190 Å². The van der Waals surface area contributed by atoms with Gasteiger partial charge in [0.1, 0.15) is 5.82 Å². The summed E-state index contributed by atoms with van der Waals surface area (Å²) in [5.41, 5.74) is 3.89. The largest absolute Gasteiger partial charge is 0.346 e. The number of hydrogen-bond acceptors (Lipinski definition) is 4. The van der Waals surface area contributed by atoms with Crippen molar-refractivity contribution in [1.82, 2.24) is 20.1 Å². The number of nitrogens with one attached hydrogen (secondary N) is 2. The van der Waals surface area contributed by atoms with Crippen LogP contribution >= 0.6 is 0 Å². The number of aryl methyl sites for hydroxylation is 1. The van der Waals surface area contributed by atoms with E-state index in [1.165, 1.54) is 12.1 Å². The minimum absolute atomic E-state index is 0.270. The van der Waals surface area contributed by atoms with Gasteiger partial charge in [-0.15, -0.1) is 0 Å². The molecule has 0 aliphatic heterocycles. The molecule has 0 bridgehead atoms. The third-order valence-electron chi connectivity index (χ3n) is 5.13. The lowest BCUT2D eigenvalue weighted by atomic mass is 10.1. The first kappa shape index (κ1) is 21.9. The first-order valence-electron chi connectivity index (χ1n) is 10.3. The van der Waals surface area contributed by atoms with Crippen molar-refractivity contribution in [1.29, 1.82) is 0 Å². The molecule has 0 saturated carbocycles. The number of amides is 2. The summed E-state index contributed by atoms with van der Waals surface area (Å²) in [4.78, 5) is 29.7. The summed E-state index contributed by atoms with van der Waals surface area (Å²) < 4.78 is 14.9. The molecule has 0 aliphatic carbocycles. The standard InChI is InChI=1S/C25H22FN5O2/c1-16-23(17(2)31(30-16)22-11-9-19(26)10-12-22)25(33)29-20-8-5-6-18(14-20)24(32)28-15-21-7-3-4-13-27-21/h3-14H,15H2,1-2H3,(H,28,32)(H,29,33). The summed E-state index contributed by atoms with van der Waals surface area (Å²) in [6, 6.07) is 18.1. The van der Waals surface area contributed by atoms with Crippen LogP contribution in [0.25, 0.3) is 5.69 Å². The molecule has 0 saturated heterocycles. The summed E-state index contributed by atoms with van der Waals surface area (Å²) in [7, 11) is 0. The molecule has 2 aromatic carbocycles. The monoisotopic (exact) mass is 443 g/mol. The van der Waals surface area contributed by atoms with E-state index in [0.29, 0.717) is 40.4 Å². The maximum atomic E-state index is 13.3. The van der Waals surface area contributed by atoms with E-state index < -0.39 is 0 Å². The molecular weight excluding hydrogens is 421 g/mol. The molecule has 2 N–H and O–H groups in total. The lowest BCUT2D eigenvalue weighted by Crippen LogP contribution is -2.23. The molecule has 33 heavy (non-hydrogen) atoms. The van der Waals surface area contributed by atoms with Crippen LogP contribution in [-0.4, -0.2) is 26.6 Å². The van der Waals surface area contributed by atoms with Crippen molar-refractivity contribution in [3.05, 3.63) is 107 Å². The van der Waals surface area contributed by atoms with Crippen molar-refractivity contribution in [2.75, 3.05) is 5.32 Å². The second kappa shape index (κ2) is 9.44. The number of benzene rings is 2. The summed E-state index contributed by atoms with van der Waals surface area (Å²) in [5, 5.41) is 10.1. The number of nitrogens with zero attached hydrogens (tertiary/aromatic N) is 3. The van der Waals surface area contributed by atoms with Crippen molar-refractivity contribution in [3.63, 3.8) is 0 Å². The maximum Gasteiger partial charge on any atom is 0.259 e. The van der Waals surface area contributed by atoms with Crippen molar-refractivity contribution in [2.24, 2.45) is 0 Å². The normalized spacial score (nSPS) is 10.6. The van der Waals surface area contributed by atoms with E-state index in [0.717, 1.165) is 5.69 Å². The maximum absolute atomic E-state index is 13.3. The predicted octanol–water partition coefficient (Wildman–Crippen LogP) is 4.21. The molecular formula is C25H22FN5O2. The molecule has 8 heteroatoms. The number of aromatic nitrogens is 3. The smallest absolute Gasteiger partial charge is 0.259 e. The topological polar surface area (TPSA) is 88.9 Å². The molecule has 0 radical (unpaired) electrons. The van der Waals surface area contributed by atoms with Crippen LogP contribution < -0.4 is 10.6 Å². The lowest BCUT2D eigenvalue weighted by molar-refractivity contribution is 0.0949. The van der Waals surface area contributed by atoms with E-state index >= 15 is 0 Å². The molecule has 7 nitrogen and oxygen atoms in total. The fourth-order valence-corrected chi connectivity index (χ4v) is 3.51. The van der Waals surface area contributed by atoms with E-state index in [9.17, 15) is 14.0 Å². The van der Waals surface area contributed by atoms with Gasteiger partial charge in [0.2, 0.25) is 0 Å². The Kier molecular flexibility index (Phi) is 6.26. The minimum atomic E-state index is -0.345. The highest BCUT2D eigenvalue weighted by molar-refractivity contribution is 6.06. The number of halogens is 1. The van der Waals surface area contributed by atoms with Crippen LogP contribution in [0.1, 0.15) is 37.8 Å². The first-order valence-corrected chi connectivity index (χ1v) is 10.3. The van der Waals surface area contributed by atoms with Gasteiger partial charge in [-0.3, -0.25) is 14.6 Å². The van der Waals surface area contributed by atoms with Gasteiger partial charge < -0.3 is 10.6 Å². The molecule has 0 fully saturated rings. The van der Waals surface area contributed by atoms with Gasteiger partial charge in [0, 0.05) is 17.4 Å². The summed E-state index contributed by atoms with van der Waals surface area (Å²) >= 11 is 0. The minimum Gasteiger partial charge on any atom is -0.346 e. The highest BCUT2D eigenvalue weighted by Gasteiger charge is 2.20. The van der Waals surface area contributed by atoms with Crippen LogP contribution in [0.2, 0.25) is 0 Å². The van der Waals surface area contributed by atoms with Crippen molar-refractivity contribution < 1.29 is 14.0 Å². The van der Waals surface area contributed by atoms with E-state index in [1.54, 1.807) is 61.1 Å². The quantitative estimate of drug-likeness (QED) is 0.467. The second-order valence-electron chi connectivity index (χ2n) is 7.47. The summed E-state index contributed by atoms with van der Waals surface area (Å²) in [5.74, 6) is -0.958. The Morgan fingerprint density at radius 3 is 2.48 bits per heavy atom. The average molecular weight is 443 g/mol. The number of pyridine rings is 1. The summed E-state index contributed by atoms with van der Waals surface area (Å²) in [6.45, 7) is 3.82. The van der Waals surface area contributed by atoms with Gasteiger partial charge in [-0.2, -0.15) is 5.10 Å². The average Bonchev–Trinajstić information content (AvgIpc) is 3.12. The van der Waals surface area contributed by atoms with Gasteiger partial charge in [0.15, 0.2) is 0 Å². The van der Waals surface area contributed by atoms with Gasteiger partial charge in [-0.1, -0.05) is 12.1 Å². The van der Waals surface area contributed by atoms with Gasteiger partial charge in [-0.25, -0.2) is 9.07 Å². The zero-order valence-corrected chi connectivity index (χ0v) is 18.2. The molecule has 166 valence electrons. The highest BCUT2D eigenvalue weighted by Crippen LogP contribution is 2.20. The van der Waals surface area contributed by atoms with Crippen LogP contribution in [0.15, 0.2) is 72.9 Å². The zero-order chi connectivity index (χ0) is 23.4. The number of carbonyl (C=O) groups is 2. The van der Waals surface area contributed by atoms with Crippen molar-refractivity contribution in [3.8, 4) is 5.69 Å². The first-order chi connectivity index (χ1) is 15.9. The molecule has 4 rings (SSSR count). The van der Waals surface area contributed by atoms with Gasteiger partial charge >= 0.3 is 0 Å². The Morgan fingerprint density at radius 2 is 1.76 bits per heavy atom. The molecule has 2 aromatic heterocycles. The van der Waals surface area contributed by atoms with Crippen LogP contribution in [0.3, 0.4) is 0 Å². The van der Waals surface area contributed by atoms with Crippen LogP contribution in [0, 0.1) is 19.7 Å². The van der Waals surface area contributed by atoms with Gasteiger partial charge in [0.05, 0.1) is 34.9 Å². The Morgan fingerprint density at radius 1 is 0.970 bits per heavy atom. The number of carbonyl (C=O) groups excluding carboxylic acids is 2. The third-order valence-corrected chi connectivity index (χ3v) is 5.13. The second-order valence-corrected chi connectivity index (χ2v) is 7.47. The van der Waals surface area contributed by atoms with Crippen molar-refractivity contribution in [2.45, 2.75) is 20.4 Å². The third kappa shape index (κ3) is 4.95. The van der Waals surface area contributed by atoms with Gasteiger partial charge in [-0.05, 0) is 68.4 Å². The number of hydrogen-bond donors (Lipinski definition) is 2. The number of anilines is 1. The summed E-state index contributed by atoms with van der Waals surface area (Å²) in [6.07, 6.45) is 1.67. The molecule has 4 aromatic rings. The molecule has 0 unspecified atom stereocenters. The van der Waals surface area contributed by atoms with E-state index in [2.05, 4.69) is 20.7 Å². The molecule has 0 spiro atoms. The van der Waals surface area contributed by atoms with Crippen molar-refractivity contribution >= 4 is 17.5 Å². The number of rotatable bonds is 6. The molecule has 0 aliphatic rings. The van der Waals surface area contributed by atoms with Crippen LogP contribution in [0.5, 0.6) is 0 Å². The van der Waals surface area contributed by atoms with Gasteiger partial charge in [0.25, 0.3) is 11.8 Å². The molecule has 2 heterocycles. The SMILES string of the molecule is Cc1nn(-c2ccc(F)cc2)c(C)c1C(=O)Nc1cccc(C(=O)NCc2ccccn2)c1. The van der Waals surface area contributed by atoms with E-state index in [4.69, 9.17) is 0 Å². The highest BCUT2D eigenvalue weighted by atomic mass is 19.1. The molecule has 2 amide bonds. The lowest BCUT2D eigenvalue weighted by Gasteiger charge is -2.09.